The molecule has 0 atom stereocenters. The maximum atomic E-state index is 12.7. The highest BCUT2D eigenvalue weighted by Crippen LogP contribution is 2.39. The second-order valence-corrected chi connectivity index (χ2v) is 9.63. The molecule has 0 unspecified atom stereocenters. The Hall–Kier alpha value is -5.73. The number of hydrogen-bond donors (Lipinski definition) is 2. The van der Waals surface area contributed by atoms with E-state index in [2.05, 4.69) is 19.7 Å². The number of carbonyl (C=O) groups excluding carboxylic acids is 3. The summed E-state index contributed by atoms with van der Waals surface area (Å²) in [6.07, 6.45) is 2.28. The van der Waals surface area contributed by atoms with Crippen molar-refractivity contribution < 1.29 is 38.8 Å². The van der Waals surface area contributed by atoms with Crippen LogP contribution in [-0.4, -0.2) is 42.7 Å². The van der Waals surface area contributed by atoms with Crippen molar-refractivity contribution >= 4 is 18.2 Å². The quantitative estimate of drug-likeness (QED) is 0.0798. The van der Waals surface area contributed by atoms with Crippen LogP contribution in [0.15, 0.2) is 122 Å². The molecule has 0 amide bonds. The Morgan fingerprint density at radius 3 is 1.67 bits per heavy atom. The van der Waals surface area contributed by atoms with Gasteiger partial charge in [-0.2, -0.15) is 0 Å². The molecule has 0 aliphatic rings. The molecule has 2 N–H and O–H groups in total. The average molecular weight is 623 g/mol. The second-order valence-electron chi connectivity index (χ2n) is 9.63. The normalized spacial score (nSPS) is 9.67. The maximum absolute atomic E-state index is 12.7. The van der Waals surface area contributed by atoms with Crippen molar-refractivity contribution in [2.24, 2.45) is 0 Å². The van der Waals surface area contributed by atoms with Gasteiger partial charge in [0.2, 0.25) is 0 Å². The van der Waals surface area contributed by atoms with E-state index in [1.54, 1.807) is 56.5 Å². The van der Waals surface area contributed by atoms with E-state index >= 15 is 0 Å². The standard InChI is InChI=1S/C33H28O6.C4H6O.CH4O/c1-5-21(3)33(36)39-31-20-25(12-18-29(31)23-9-15-27(16-10-23)38-32(35)6-2)24-11-17-28(30(19-24)37-4)22-7-13-26(34)14-8-22;1-4(2)3-5;1-2/h6-20,34H,2-3,5H2,1,4H3;3H,1H2,2H3;2H,1H3. The van der Waals surface area contributed by atoms with Crippen LogP contribution in [0.4, 0.5) is 0 Å². The number of allylic oxidation sites excluding steroid dienone is 1. The molecule has 0 aliphatic carbocycles. The monoisotopic (exact) mass is 622 g/mol. The van der Waals surface area contributed by atoms with E-state index in [0.29, 0.717) is 40.4 Å². The Kier molecular flexibility index (Phi) is 14.4. The summed E-state index contributed by atoms with van der Waals surface area (Å²) in [5.74, 6) is 0.530. The zero-order chi connectivity index (χ0) is 34.2. The van der Waals surface area contributed by atoms with Crippen LogP contribution in [0.2, 0.25) is 0 Å². The summed E-state index contributed by atoms with van der Waals surface area (Å²) in [6, 6.07) is 25.2. The minimum absolute atomic E-state index is 0.190. The number of aromatic hydroxyl groups is 1. The molecule has 8 heteroatoms. The fraction of sp³-hybridized carbons (Fsp3) is 0.132. The highest BCUT2D eigenvalue weighted by Gasteiger charge is 2.16. The minimum Gasteiger partial charge on any atom is -0.508 e. The molecule has 0 bridgehead atoms. The predicted octanol–water partition coefficient (Wildman–Crippen LogP) is 7.73. The highest BCUT2D eigenvalue weighted by molar-refractivity contribution is 5.91. The zero-order valence-electron chi connectivity index (χ0n) is 26.4. The van der Waals surface area contributed by atoms with Crippen LogP contribution >= 0.6 is 0 Å². The highest BCUT2D eigenvalue weighted by atomic mass is 16.5. The lowest BCUT2D eigenvalue weighted by Crippen LogP contribution is -2.10. The van der Waals surface area contributed by atoms with Gasteiger partial charge in [0, 0.05) is 29.9 Å². The molecule has 4 aromatic carbocycles. The topological polar surface area (TPSA) is 119 Å². The summed E-state index contributed by atoms with van der Waals surface area (Å²) in [6.45, 7) is 14.0. The summed E-state index contributed by atoms with van der Waals surface area (Å²) in [5.41, 5.74) is 5.84. The molecule has 4 aromatic rings. The van der Waals surface area contributed by atoms with Gasteiger partial charge in [-0.3, -0.25) is 4.79 Å². The van der Waals surface area contributed by atoms with E-state index < -0.39 is 11.9 Å². The molecule has 0 heterocycles. The van der Waals surface area contributed by atoms with Crippen LogP contribution in [-0.2, 0) is 14.4 Å². The van der Waals surface area contributed by atoms with E-state index in [9.17, 15) is 19.5 Å². The van der Waals surface area contributed by atoms with Crippen LogP contribution < -0.4 is 14.2 Å². The van der Waals surface area contributed by atoms with E-state index in [-0.39, 0.29) is 5.75 Å². The van der Waals surface area contributed by atoms with Crippen molar-refractivity contribution in [1.29, 1.82) is 0 Å². The first kappa shape index (κ1) is 36.5. The lowest BCUT2D eigenvalue weighted by atomic mass is 9.96. The maximum Gasteiger partial charge on any atom is 0.338 e. The van der Waals surface area contributed by atoms with Crippen molar-refractivity contribution in [3.63, 3.8) is 0 Å². The first-order valence-electron chi connectivity index (χ1n) is 14.1. The molecule has 46 heavy (non-hydrogen) atoms. The number of rotatable bonds is 10. The summed E-state index contributed by atoms with van der Waals surface area (Å²) in [4.78, 5) is 33.6. The number of ether oxygens (including phenoxy) is 3. The van der Waals surface area contributed by atoms with Gasteiger partial charge >= 0.3 is 11.9 Å². The lowest BCUT2D eigenvalue weighted by Gasteiger charge is -2.15. The van der Waals surface area contributed by atoms with Crippen LogP contribution in [0.5, 0.6) is 23.0 Å². The number of aldehydes is 1. The van der Waals surface area contributed by atoms with Gasteiger partial charge in [0.15, 0.2) is 0 Å². The van der Waals surface area contributed by atoms with Crippen molar-refractivity contribution in [3.8, 4) is 56.4 Å². The summed E-state index contributed by atoms with van der Waals surface area (Å²) < 4.78 is 16.6. The summed E-state index contributed by atoms with van der Waals surface area (Å²) >= 11 is 0. The van der Waals surface area contributed by atoms with Gasteiger partial charge < -0.3 is 24.4 Å². The van der Waals surface area contributed by atoms with Crippen LogP contribution in [0.3, 0.4) is 0 Å². The number of carbonyl (C=O) groups is 3. The number of phenols is 1. The Labute approximate surface area is 269 Å². The largest absolute Gasteiger partial charge is 0.508 e. The van der Waals surface area contributed by atoms with Crippen molar-refractivity contribution in [2.75, 3.05) is 14.2 Å². The fourth-order valence-corrected chi connectivity index (χ4v) is 3.95. The molecule has 8 nitrogen and oxygen atoms in total. The van der Waals surface area contributed by atoms with Crippen molar-refractivity contribution in [2.45, 2.75) is 20.3 Å². The number of aliphatic hydroxyl groups is 1. The van der Waals surface area contributed by atoms with Gasteiger partial charge in [-0.05, 0) is 77.6 Å². The van der Waals surface area contributed by atoms with E-state index in [1.165, 1.54) is 0 Å². The first-order chi connectivity index (χ1) is 22.1. The summed E-state index contributed by atoms with van der Waals surface area (Å²) in [5, 5.41) is 16.6. The molecule has 238 valence electrons. The number of hydrogen-bond acceptors (Lipinski definition) is 8. The zero-order valence-corrected chi connectivity index (χ0v) is 26.4. The third-order valence-electron chi connectivity index (χ3n) is 6.36. The van der Waals surface area contributed by atoms with Gasteiger partial charge in [0.1, 0.15) is 29.3 Å². The molecule has 0 radical (unpaired) electrons. The molecule has 0 fully saturated rings. The van der Waals surface area contributed by atoms with Crippen LogP contribution in [0.25, 0.3) is 33.4 Å². The molecular weight excluding hydrogens is 584 g/mol. The van der Waals surface area contributed by atoms with E-state index in [0.717, 1.165) is 47.3 Å². The molecule has 0 aliphatic heterocycles. The number of benzene rings is 4. The Bertz CT molecular complexity index is 1680. The average Bonchev–Trinajstić information content (AvgIpc) is 3.09. The number of esters is 2. The molecule has 4 rings (SSSR count). The Balaban J connectivity index is 0.000000959. The van der Waals surface area contributed by atoms with Crippen molar-refractivity contribution in [1.82, 2.24) is 0 Å². The molecular formula is C38H38O8. The van der Waals surface area contributed by atoms with Gasteiger partial charge in [-0.25, -0.2) is 9.59 Å². The number of methoxy groups -OCH3 is 1. The van der Waals surface area contributed by atoms with E-state index in [1.807, 2.05) is 49.4 Å². The van der Waals surface area contributed by atoms with Crippen LogP contribution in [0.1, 0.15) is 20.3 Å². The predicted molar refractivity (Wildman–Crippen MR) is 181 cm³/mol. The number of phenolic OH excluding ortho intramolecular Hbond substituents is 1. The first-order valence-corrected chi connectivity index (χ1v) is 14.1. The minimum atomic E-state index is -0.549. The fourth-order valence-electron chi connectivity index (χ4n) is 3.95. The third-order valence-corrected chi connectivity index (χ3v) is 6.36. The summed E-state index contributed by atoms with van der Waals surface area (Å²) in [7, 11) is 2.60. The number of aliphatic hydroxyl groups excluding tert-OH is 1. The van der Waals surface area contributed by atoms with Crippen LogP contribution in [0, 0.1) is 0 Å². The van der Waals surface area contributed by atoms with E-state index in [4.69, 9.17) is 19.3 Å². The SMILES string of the molecule is C=C(C)C=O.C=CC(=O)Oc1ccc(-c2ccc(-c3ccc(-c4ccc(O)cc4)c(OC)c3)cc2OC(=O)C(=C)CC)cc1.CO. The molecule has 0 saturated carbocycles. The lowest BCUT2D eigenvalue weighted by molar-refractivity contribution is -0.130. The Morgan fingerprint density at radius 2 is 1.22 bits per heavy atom. The molecule has 0 aromatic heterocycles. The van der Waals surface area contributed by atoms with Gasteiger partial charge in [-0.15, -0.1) is 0 Å². The second kappa shape index (κ2) is 18.2. The smallest absolute Gasteiger partial charge is 0.338 e. The van der Waals surface area contributed by atoms with Gasteiger partial charge in [0.25, 0.3) is 0 Å². The molecule has 0 saturated heterocycles. The van der Waals surface area contributed by atoms with Crippen molar-refractivity contribution in [3.05, 3.63) is 122 Å². The van der Waals surface area contributed by atoms with Gasteiger partial charge in [0.05, 0.1) is 7.11 Å². The third kappa shape index (κ3) is 10.2. The van der Waals surface area contributed by atoms with Gasteiger partial charge in [-0.1, -0.05) is 75.2 Å². The molecule has 0 spiro atoms. The Morgan fingerprint density at radius 1 is 0.761 bits per heavy atom.